The highest BCUT2D eigenvalue weighted by molar-refractivity contribution is 7.82. The minimum atomic E-state index is -4.56. The molecule has 174 valence electrons. The largest absolute Gasteiger partial charge is 0.433 e. The van der Waals surface area contributed by atoms with Gasteiger partial charge in [0.2, 0.25) is 5.95 Å². The Morgan fingerprint density at radius 1 is 1.15 bits per heavy atom. The number of nitrogens with two attached hydrogens (primary N) is 1. The molecule has 33 heavy (non-hydrogen) atoms. The van der Waals surface area contributed by atoms with E-state index in [4.69, 9.17) is 5.14 Å². The summed E-state index contributed by atoms with van der Waals surface area (Å²) >= 11 is 0. The molecule has 3 heterocycles. The molecule has 8 nitrogen and oxygen atoms in total. The first-order chi connectivity index (χ1) is 15.7. The molecule has 2 aromatic heterocycles. The van der Waals surface area contributed by atoms with Crippen LogP contribution >= 0.6 is 0 Å². The van der Waals surface area contributed by atoms with E-state index in [-0.39, 0.29) is 5.95 Å². The second kappa shape index (κ2) is 7.80. The van der Waals surface area contributed by atoms with Crippen molar-refractivity contribution in [1.29, 1.82) is 0 Å². The van der Waals surface area contributed by atoms with Gasteiger partial charge in [0.15, 0.2) is 5.71 Å². The molecule has 1 unspecified atom stereocenters. The monoisotopic (exact) mass is 477 g/mol. The topological polar surface area (TPSA) is 101 Å². The van der Waals surface area contributed by atoms with E-state index in [1.54, 1.807) is 41.1 Å². The Kier molecular flexibility index (Phi) is 5.16. The van der Waals surface area contributed by atoms with Gasteiger partial charge in [-0.25, -0.2) is 14.3 Å². The molecule has 5 rings (SSSR count). The first-order valence-corrected chi connectivity index (χ1v) is 11.7. The van der Waals surface area contributed by atoms with E-state index in [0.29, 0.717) is 53.1 Å². The highest BCUT2D eigenvalue weighted by Crippen LogP contribution is 2.48. The summed E-state index contributed by atoms with van der Waals surface area (Å²) in [6, 6.07) is 8.39. The molecule has 12 heteroatoms. The number of fused-ring (bicyclic) bond motifs is 4. The summed E-state index contributed by atoms with van der Waals surface area (Å²) in [5, 5.41) is 14.3. The van der Waals surface area contributed by atoms with Crippen molar-refractivity contribution in [2.75, 3.05) is 17.4 Å². The fraction of sp³-hybridized carbons (Fsp3) is 0.381. The van der Waals surface area contributed by atoms with E-state index < -0.39 is 28.4 Å². The van der Waals surface area contributed by atoms with E-state index in [9.17, 15) is 17.4 Å². The van der Waals surface area contributed by atoms with Gasteiger partial charge in [0.1, 0.15) is 22.5 Å². The molecule has 1 spiro atoms. The lowest BCUT2D eigenvalue weighted by Crippen LogP contribution is -2.54. The van der Waals surface area contributed by atoms with Gasteiger partial charge >= 0.3 is 6.18 Å². The average Bonchev–Trinajstić information content (AvgIpc) is 3.17. The Labute approximate surface area is 190 Å². The number of benzene rings is 1. The summed E-state index contributed by atoms with van der Waals surface area (Å²) in [5.74, 6) is 0.802. The van der Waals surface area contributed by atoms with Crippen molar-refractivity contribution in [2.45, 2.75) is 48.7 Å². The SMILES string of the molecule is CN1N=C(C(F)(F)F)C2(CCCCC2)n2c1cc1cnc(Nc3ccc(S(N)=O)cc3)nc12. The van der Waals surface area contributed by atoms with Gasteiger partial charge < -0.3 is 5.32 Å². The third-order valence-corrected chi connectivity index (χ3v) is 7.00. The predicted octanol–water partition coefficient (Wildman–Crippen LogP) is 4.18. The second-order valence-electron chi connectivity index (χ2n) is 8.32. The highest BCUT2D eigenvalue weighted by Gasteiger charge is 2.55. The second-order valence-corrected chi connectivity index (χ2v) is 9.39. The van der Waals surface area contributed by atoms with Crippen LogP contribution in [0.15, 0.2) is 46.5 Å². The molecule has 1 aliphatic heterocycles. The number of hydrazone groups is 1. The molecule has 2 aliphatic rings. The van der Waals surface area contributed by atoms with Crippen LogP contribution in [0, 0.1) is 0 Å². The molecule has 1 fully saturated rings. The normalized spacial score (nSPS) is 18.8. The maximum atomic E-state index is 14.2. The van der Waals surface area contributed by atoms with Crippen LogP contribution < -0.4 is 15.5 Å². The van der Waals surface area contributed by atoms with Crippen LogP contribution in [0.3, 0.4) is 0 Å². The first kappa shape index (κ1) is 21.8. The third kappa shape index (κ3) is 3.66. The van der Waals surface area contributed by atoms with Crippen molar-refractivity contribution < 1.29 is 17.4 Å². The van der Waals surface area contributed by atoms with Gasteiger partial charge in [0.25, 0.3) is 0 Å². The number of aromatic nitrogens is 3. The van der Waals surface area contributed by atoms with Gasteiger partial charge in [-0.3, -0.25) is 9.58 Å². The Hall–Kier alpha value is -2.99. The summed E-state index contributed by atoms with van der Waals surface area (Å²) in [6.45, 7) is 0. The minimum absolute atomic E-state index is 0.245. The van der Waals surface area contributed by atoms with Crippen LogP contribution in [0.4, 0.5) is 30.6 Å². The smallest absolute Gasteiger partial charge is 0.324 e. The quantitative estimate of drug-likeness (QED) is 0.589. The standard InChI is InChI=1S/C21H22F3N7OS/c1-30-16-11-13-12-26-19(27-14-5-7-15(8-6-14)33(25)32)28-17(13)31(16)20(9-3-2-4-10-20)18(29-30)21(22,23)24/h5-8,11-12H,2-4,9-10,25H2,1H3,(H,26,27,28). The summed E-state index contributed by atoms with van der Waals surface area (Å²) in [4.78, 5) is 9.41. The Balaban J connectivity index is 1.62. The lowest BCUT2D eigenvalue weighted by Gasteiger charge is -2.45. The fourth-order valence-electron chi connectivity index (χ4n) is 4.81. The zero-order valence-corrected chi connectivity index (χ0v) is 18.6. The van der Waals surface area contributed by atoms with Gasteiger partial charge in [-0.1, -0.05) is 19.3 Å². The summed E-state index contributed by atoms with van der Waals surface area (Å²) in [6.07, 6.45) is -0.00876. The molecule has 1 atom stereocenters. The molecule has 0 radical (unpaired) electrons. The van der Waals surface area contributed by atoms with Crippen LogP contribution in [-0.2, 0) is 16.5 Å². The lowest BCUT2D eigenvalue weighted by atomic mass is 9.77. The Morgan fingerprint density at radius 3 is 2.48 bits per heavy atom. The lowest BCUT2D eigenvalue weighted by molar-refractivity contribution is -0.0685. The van der Waals surface area contributed by atoms with Crippen molar-refractivity contribution in [2.24, 2.45) is 10.2 Å². The van der Waals surface area contributed by atoms with E-state index in [0.717, 1.165) is 6.42 Å². The molecule has 0 amide bonds. The highest BCUT2D eigenvalue weighted by atomic mass is 32.2. The number of rotatable bonds is 3. The maximum absolute atomic E-state index is 14.2. The van der Waals surface area contributed by atoms with E-state index in [2.05, 4.69) is 20.4 Å². The zero-order chi connectivity index (χ0) is 23.4. The van der Waals surface area contributed by atoms with Crippen molar-refractivity contribution in [3.8, 4) is 0 Å². The number of anilines is 3. The number of alkyl halides is 3. The molecular weight excluding hydrogens is 455 g/mol. The van der Waals surface area contributed by atoms with Gasteiger partial charge in [0.05, 0.1) is 10.4 Å². The van der Waals surface area contributed by atoms with Gasteiger partial charge in [-0.2, -0.15) is 23.3 Å². The molecule has 1 aliphatic carbocycles. The fourth-order valence-corrected chi connectivity index (χ4v) is 5.22. The Morgan fingerprint density at radius 2 is 1.85 bits per heavy atom. The van der Waals surface area contributed by atoms with E-state index >= 15 is 0 Å². The van der Waals surface area contributed by atoms with Crippen LogP contribution in [0.2, 0.25) is 0 Å². The van der Waals surface area contributed by atoms with Crippen molar-refractivity contribution in [3.05, 3.63) is 36.5 Å². The van der Waals surface area contributed by atoms with Gasteiger partial charge in [-0.15, -0.1) is 0 Å². The third-order valence-electron chi connectivity index (χ3n) is 6.26. The predicted molar refractivity (Wildman–Crippen MR) is 121 cm³/mol. The van der Waals surface area contributed by atoms with Crippen LogP contribution in [0.25, 0.3) is 11.0 Å². The number of halogens is 3. The average molecular weight is 478 g/mol. The number of nitrogens with zero attached hydrogens (tertiary/aromatic N) is 5. The summed E-state index contributed by atoms with van der Waals surface area (Å²) in [5.41, 5.74) is -1.01. The van der Waals surface area contributed by atoms with E-state index in [1.165, 1.54) is 12.1 Å². The molecule has 1 aromatic carbocycles. The molecule has 0 bridgehead atoms. The molecular formula is C21H22F3N7OS. The van der Waals surface area contributed by atoms with Gasteiger partial charge in [0, 0.05) is 24.3 Å². The molecule has 3 N–H and O–H groups in total. The molecule has 3 aromatic rings. The zero-order valence-electron chi connectivity index (χ0n) is 17.8. The molecule has 0 saturated heterocycles. The summed E-state index contributed by atoms with van der Waals surface area (Å²) in [7, 11) is -0.0739. The van der Waals surface area contributed by atoms with Crippen molar-refractivity contribution in [3.63, 3.8) is 0 Å². The maximum Gasteiger partial charge on any atom is 0.433 e. The Bertz CT molecular complexity index is 1260. The summed E-state index contributed by atoms with van der Waals surface area (Å²) < 4.78 is 55.5. The van der Waals surface area contributed by atoms with Crippen LogP contribution in [0.5, 0.6) is 0 Å². The minimum Gasteiger partial charge on any atom is -0.324 e. The van der Waals surface area contributed by atoms with Gasteiger partial charge in [-0.05, 0) is 43.2 Å². The van der Waals surface area contributed by atoms with Crippen molar-refractivity contribution in [1.82, 2.24) is 14.5 Å². The van der Waals surface area contributed by atoms with Crippen molar-refractivity contribution >= 4 is 45.2 Å². The van der Waals surface area contributed by atoms with E-state index in [1.807, 2.05) is 0 Å². The van der Waals surface area contributed by atoms with Crippen LogP contribution in [0.1, 0.15) is 32.1 Å². The number of hydrogen-bond donors (Lipinski definition) is 2. The first-order valence-electron chi connectivity index (χ1n) is 10.5. The van der Waals surface area contributed by atoms with Crippen LogP contribution in [-0.4, -0.2) is 37.7 Å². The number of hydrogen-bond acceptors (Lipinski definition) is 6. The molecule has 1 saturated carbocycles. The number of nitrogens with one attached hydrogen (secondary N) is 1.